The molecule has 0 aliphatic carbocycles. The van der Waals surface area contributed by atoms with E-state index in [1.54, 1.807) is 12.1 Å². The molecule has 2 rings (SSSR count). The number of rotatable bonds is 2. The Kier molecular flexibility index (Phi) is 2.68. The summed E-state index contributed by atoms with van der Waals surface area (Å²) >= 11 is 0. The molecule has 0 atom stereocenters. The van der Waals surface area contributed by atoms with E-state index in [1.807, 2.05) is 0 Å². The maximum atomic E-state index is 12.9. The van der Waals surface area contributed by atoms with Crippen LogP contribution in [0.25, 0.3) is 0 Å². The first kappa shape index (κ1) is 10.4. The molecule has 1 aromatic carbocycles. The van der Waals surface area contributed by atoms with Crippen molar-refractivity contribution in [1.82, 2.24) is 10.2 Å². The van der Waals surface area contributed by atoms with Gasteiger partial charge in [-0.05, 0) is 23.8 Å². The lowest BCUT2D eigenvalue weighted by Gasteiger charge is -2.01. The Balaban J connectivity index is 2.27. The van der Waals surface area contributed by atoms with Crippen molar-refractivity contribution >= 4 is 5.69 Å². The van der Waals surface area contributed by atoms with E-state index in [-0.39, 0.29) is 11.5 Å². The van der Waals surface area contributed by atoms with Gasteiger partial charge in [-0.15, -0.1) is 0 Å². The quantitative estimate of drug-likeness (QED) is 0.793. The topological polar surface area (TPSA) is 71.8 Å². The van der Waals surface area contributed by atoms with Gasteiger partial charge in [0.15, 0.2) is 0 Å². The predicted molar refractivity (Wildman–Crippen MR) is 58.5 cm³/mol. The van der Waals surface area contributed by atoms with Crippen LogP contribution >= 0.6 is 0 Å². The molecule has 1 aromatic heterocycles. The van der Waals surface area contributed by atoms with E-state index in [0.29, 0.717) is 12.1 Å². The van der Waals surface area contributed by atoms with Crippen LogP contribution in [0.5, 0.6) is 0 Å². The summed E-state index contributed by atoms with van der Waals surface area (Å²) in [6.07, 6.45) is 0.429. The van der Waals surface area contributed by atoms with E-state index in [4.69, 9.17) is 5.73 Å². The lowest BCUT2D eigenvalue weighted by molar-refractivity contribution is 0.626. The van der Waals surface area contributed by atoms with Gasteiger partial charge in [-0.2, -0.15) is 5.10 Å². The van der Waals surface area contributed by atoms with Gasteiger partial charge in [0.2, 0.25) is 0 Å². The maximum Gasteiger partial charge on any atom is 0.287 e. The summed E-state index contributed by atoms with van der Waals surface area (Å²) in [7, 11) is 0. The normalized spacial score (nSPS) is 10.3. The molecular formula is C11H10FN3O. The minimum atomic E-state index is -0.414. The first-order chi connectivity index (χ1) is 7.65. The van der Waals surface area contributed by atoms with Gasteiger partial charge in [0.05, 0.1) is 5.69 Å². The number of benzene rings is 1. The van der Waals surface area contributed by atoms with Crippen LogP contribution in [0.2, 0.25) is 0 Å². The minimum absolute atomic E-state index is 0.112. The Morgan fingerprint density at radius 3 is 2.88 bits per heavy atom. The van der Waals surface area contributed by atoms with Crippen LogP contribution in [-0.2, 0) is 6.42 Å². The van der Waals surface area contributed by atoms with Gasteiger partial charge in [0.25, 0.3) is 5.56 Å². The van der Waals surface area contributed by atoms with Gasteiger partial charge in [-0.3, -0.25) is 4.79 Å². The summed E-state index contributed by atoms with van der Waals surface area (Å²) in [5, 5.41) is 6.10. The molecule has 3 N–H and O–H groups in total. The molecule has 0 aliphatic heterocycles. The van der Waals surface area contributed by atoms with E-state index < -0.39 is 5.56 Å². The minimum Gasteiger partial charge on any atom is -0.394 e. The van der Waals surface area contributed by atoms with Crippen LogP contribution in [0.4, 0.5) is 10.1 Å². The highest BCUT2D eigenvalue weighted by molar-refractivity contribution is 5.36. The molecule has 2 aromatic rings. The highest BCUT2D eigenvalue weighted by Crippen LogP contribution is 2.09. The number of anilines is 1. The fourth-order valence-corrected chi connectivity index (χ4v) is 1.41. The number of hydrogen-bond donors (Lipinski definition) is 2. The third-order valence-corrected chi connectivity index (χ3v) is 2.16. The number of H-pyrrole nitrogens is 1. The molecule has 0 aliphatic rings. The largest absolute Gasteiger partial charge is 0.394 e. The third-order valence-electron chi connectivity index (χ3n) is 2.16. The van der Waals surface area contributed by atoms with Crippen LogP contribution < -0.4 is 11.3 Å². The van der Waals surface area contributed by atoms with Gasteiger partial charge in [-0.25, -0.2) is 9.49 Å². The van der Waals surface area contributed by atoms with Gasteiger partial charge >= 0.3 is 0 Å². The first-order valence-corrected chi connectivity index (χ1v) is 4.73. The molecular weight excluding hydrogens is 209 g/mol. The molecule has 5 heteroatoms. The summed E-state index contributed by atoms with van der Waals surface area (Å²) in [4.78, 5) is 11.0. The van der Waals surface area contributed by atoms with Crippen LogP contribution in [0.15, 0.2) is 35.1 Å². The number of nitrogen functional groups attached to an aromatic ring is 1. The second-order valence-corrected chi connectivity index (χ2v) is 3.45. The summed E-state index contributed by atoms with van der Waals surface area (Å²) in [6.45, 7) is 0. The van der Waals surface area contributed by atoms with Gasteiger partial charge in [-0.1, -0.05) is 12.1 Å². The van der Waals surface area contributed by atoms with Crippen molar-refractivity contribution in [3.63, 3.8) is 0 Å². The highest BCUT2D eigenvalue weighted by Gasteiger charge is 2.02. The Morgan fingerprint density at radius 1 is 1.38 bits per heavy atom. The molecule has 0 amide bonds. The van der Waals surface area contributed by atoms with E-state index in [9.17, 15) is 9.18 Å². The molecule has 0 radical (unpaired) electrons. The Hall–Kier alpha value is -2.17. The molecule has 0 spiro atoms. The van der Waals surface area contributed by atoms with Crippen molar-refractivity contribution in [3.05, 3.63) is 57.8 Å². The monoisotopic (exact) mass is 219 g/mol. The lowest BCUT2D eigenvalue weighted by Crippen LogP contribution is -2.14. The molecule has 0 fully saturated rings. The van der Waals surface area contributed by atoms with Gasteiger partial charge in [0.1, 0.15) is 11.5 Å². The number of hydrogen-bond acceptors (Lipinski definition) is 3. The molecule has 82 valence electrons. The Morgan fingerprint density at radius 2 is 2.19 bits per heavy atom. The predicted octanol–water partition coefficient (Wildman–Crippen LogP) is 1.08. The number of nitrogens with zero attached hydrogens (tertiary/aromatic N) is 1. The molecule has 0 saturated heterocycles. The van der Waals surface area contributed by atoms with Crippen LogP contribution in [0.1, 0.15) is 11.3 Å². The highest BCUT2D eigenvalue weighted by atomic mass is 19.1. The zero-order valence-corrected chi connectivity index (χ0v) is 8.40. The van der Waals surface area contributed by atoms with Crippen molar-refractivity contribution in [2.75, 3.05) is 5.73 Å². The summed E-state index contributed by atoms with van der Waals surface area (Å²) < 4.78 is 12.9. The summed E-state index contributed by atoms with van der Waals surface area (Å²) in [5.74, 6) is -0.296. The third kappa shape index (κ3) is 2.25. The summed E-state index contributed by atoms with van der Waals surface area (Å²) in [5.41, 5.74) is 6.52. The number of halogens is 1. The fraction of sp³-hybridized carbons (Fsp3) is 0.0909. The van der Waals surface area contributed by atoms with Crippen molar-refractivity contribution in [1.29, 1.82) is 0 Å². The van der Waals surface area contributed by atoms with E-state index in [2.05, 4.69) is 10.2 Å². The number of aromatic amines is 1. The SMILES string of the molecule is Nc1cc(Cc2cccc(F)c2)n[nH]c1=O. The zero-order chi connectivity index (χ0) is 11.5. The number of nitrogens with one attached hydrogen (secondary N) is 1. The van der Waals surface area contributed by atoms with Crippen LogP contribution in [0, 0.1) is 5.82 Å². The average Bonchev–Trinajstić information content (AvgIpc) is 2.24. The maximum absolute atomic E-state index is 12.9. The molecule has 1 heterocycles. The molecule has 16 heavy (non-hydrogen) atoms. The standard InChI is InChI=1S/C11H10FN3O/c12-8-3-1-2-7(4-8)5-9-6-10(13)11(16)15-14-9/h1-4,6H,5H2,(H2,13,14)(H,15,16). The second kappa shape index (κ2) is 4.14. The van der Waals surface area contributed by atoms with Gasteiger partial charge in [0, 0.05) is 6.42 Å². The fourth-order valence-electron chi connectivity index (χ4n) is 1.41. The Labute approximate surface area is 90.9 Å². The average molecular weight is 219 g/mol. The van der Waals surface area contributed by atoms with Crippen LogP contribution in [0.3, 0.4) is 0 Å². The molecule has 4 nitrogen and oxygen atoms in total. The number of nitrogens with two attached hydrogens (primary N) is 1. The zero-order valence-electron chi connectivity index (χ0n) is 8.40. The Bertz CT molecular complexity index is 565. The molecule has 0 saturated carbocycles. The second-order valence-electron chi connectivity index (χ2n) is 3.45. The summed E-state index contributed by atoms with van der Waals surface area (Å²) in [6, 6.07) is 7.69. The van der Waals surface area contributed by atoms with E-state index in [0.717, 1.165) is 5.56 Å². The lowest BCUT2D eigenvalue weighted by atomic mass is 10.1. The van der Waals surface area contributed by atoms with E-state index >= 15 is 0 Å². The molecule has 0 unspecified atom stereocenters. The van der Waals surface area contributed by atoms with Crippen molar-refractivity contribution in [2.45, 2.75) is 6.42 Å². The van der Waals surface area contributed by atoms with Crippen molar-refractivity contribution in [2.24, 2.45) is 0 Å². The first-order valence-electron chi connectivity index (χ1n) is 4.73. The van der Waals surface area contributed by atoms with Crippen molar-refractivity contribution in [3.8, 4) is 0 Å². The van der Waals surface area contributed by atoms with Crippen molar-refractivity contribution < 1.29 is 4.39 Å². The van der Waals surface area contributed by atoms with Gasteiger partial charge < -0.3 is 5.73 Å². The smallest absolute Gasteiger partial charge is 0.287 e. The van der Waals surface area contributed by atoms with E-state index in [1.165, 1.54) is 18.2 Å². The van der Waals surface area contributed by atoms with Crippen LogP contribution in [-0.4, -0.2) is 10.2 Å². The molecule has 0 bridgehead atoms. The number of aromatic nitrogens is 2.